The zero-order valence-electron chi connectivity index (χ0n) is 16.9. The van der Waals surface area contributed by atoms with Gasteiger partial charge in [-0.3, -0.25) is 19.2 Å². The number of hydrogen-bond donors (Lipinski definition) is 6. The van der Waals surface area contributed by atoms with Gasteiger partial charge in [-0.15, -0.1) is 0 Å². The molecule has 1 saturated heterocycles. The van der Waals surface area contributed by atoms with Crippen LogP contribution in [-0.2, 0) is 24.0 Å². The second kappa shape index (κ2) is 11.3. The predicted molar refractivity (Wildman–Crippen MR) is 102 cm³/mol. The van der Waals surface area contributed by atoms with Crippen molar-refractivity contribution in [3.63, 3.8) is 0 Å². The highest BCUT2D eigenvalue weighted by Crippen LogP contribution is 2.07. The second-order valence-electron chi connectivity index (χ2n) is 7.57. The number of hydrogen-bond acceptors (Lipinski definition) is 6. The molecule has 11 heteroatoms. The molecule has 1 aliphatic heterocycles. The van der Waals surface area contributed by atoms with Crippen LogP contribution in [0.5, 0.6) is 0 Å². The summed E-state index contributed by atoms with van der Waals surface area (Å²) in [5.74, 6) is -4.48. The lowest BCUT2D eigenvalue weighted by Gasteiger charge is -2.23. The van der Waals surface area contributed by atoms with Crippen LogP contribution in [0, 0.1) is 5.92 Å². The van der Waals surface area contributed by atoms with Crippen molar-refractivity contribution in [1.29, 1.82) is 0 Å². The summed E-state index contributed by atoms with van der Waals surface area (Å²) < 4.78 is 0. The molecule has 1 rings (SSSR count). The van der Waals surface area contributed by atoms with Gasteiger partial charge in [0.1, 0.15) is 18.1 Å². The van der Waals surface area contributed by atoms with Gasteiger partial charge in [-0.1, -0.05) is 13.8 Å². The van der Waals surface area contributed by atoms with E-state index < -0.39 is 60.2 Å². The standard InChI is InChI=1S/C18H30N4O7/c1-9(2)7-13(18(28)29)22-15(25)10(3)20-17(27)12(8-14(23)24)21-16(26)11-5-4-6-19-11/h9-13,19H,4-8H2,1-3H3,(H,20,27)(H,21,26)(H,22,25)(H,23,24)(H,28,29). The van der Waals surface area contributed by atoms with E-state index in [0.717, 1.165) is 6.42 Å². The number of nitrogens with one attached hydrogen (secondary N) is 4. The summed E-state index contributed by atoms with van der Waals surface area (Å²) in [5.41, 5.74) is 0. The highest BCUT2D eigenvalue weighted by atomic mass is 16.4. The largest absolute Gasteiger partial charge is 0.481 e. The first-order valence-corrected chi connectivity index (χ1v) is 9.60. The van der Waals surface area contributed by atoms with Gasteiger partial charge in [0.25, 0.3) is 0 Å². The Labute approximate surface area is 169 Å². The van der Waals surface area contributed by atoms with Crippen molar-refractivity contribution in [1.82, 2.24) is 21.3 Å². The van der Waals surface area contributed by atoms with Crippen molar-refractivity contribution in [2.24, 2.45) is 5.92 Å². The molecule has 1 heterocycles. The Morgan fingerprint density at radius 1 is 0.966 bits per heavy atom. The Morgan fingerprint density at radius 2 is 1.62 bits per heavy atom. The SMILES string of the molecule is CC(C)CC(NC(=O)C(C)NC(=O)C(CC(=O)O)NC(=O)C1CCCN1)C(=O)O. The number of carboxylic acids is 2. The monoisotopic (exact) mass is 414 g/mol. The lowest BCUT2D eigenvalue weighted by molar-refractivity contribution is -0.143. The van der Waals surface area contributed by atoms with Gasteiger partial charge in [0.05, 0.1) is 12.5 Å². The second-order valence-corrected chi connectivity index (χ2v) is 7.57. The first-order chi connectivity index (χ1) is 13.5. The van der Waals surface area contributed by atoms with Crippen LogP contribution < -0.4 is 21.3 Å². The highest BCUT2D eigenvalue weighted by molar-refractivity contribution is 5.95. The first kappa shape index (κ1) is 24.3. The number of carboxylic acid groups (broad SMARTS) is 2. The van der Waals surface area contributed by atoms with Crippen molar-refractivity contribution < 1.29 is 34.2 Å². The van der Waals surface area contributed by atoms with Gasteiger partial charge in [-0.2, -0.15) is 0 Å². The third-order valence-electron chi connectivity index (χ3n) is 4.46. The molecule has 11 nitrogen and oxygen atoms in total. The summed E-state index contributed by atoms with van der Waals surface area (Å²) >= 11 is 0. The van der Waals surface area contributed by atoms with E-state index in [1.807, 2.05) is 13.8 Å². The van der Waals surface area contributed by atoms with Crippen molar-refractivity contribution in [3.05, 3.63) is 0 Å². The van der Waals surface area contributed by atoms with E-state index in [1.54, 1.807) is 0 Å². The van der Waals surface area contributed by atoms with Crippen molar-refractivity contribution in [2.75, 3.05) is 6.54 Å². The summed E-state index contributed by atoms with van der Waals surface area (Å²) in [4.78, 5) is 59.2. The van der Waals surface area contributed by atoms with Gasteiger partial charge in [0, 0.05) is 0 Å². The topological polar surface area (TPSA) is 174 Å². The fourth-order valence-electron chi connectivity index (χ4n) is 2.93. The van der Waals surface area contributed by atoms with E-state index in [4.69, 9.17) is 5.11 Å². The maximum Gasteiger partial charge on any atom is 0.326 e. The van der Waals surface area contributed by atoms with Gasteiger partial charge in [-0.25, -0.2) is 4.79 Å². The minimum Gasteiger partial charge on any atom is -0.481 e. The summed E-state index contributed by atoms with van der Waals surface area (Å²) in [7, 11) is 0. The molecule has 0 radical (unpaired) electrons. The molecule has 164 valence electrons. The minimum atomic E-state index is -1.36. The molecule has 0 aromatic rings. The van der Waals surface area contributed by atoms with Crippen LogP contribution >= 0.6 is 0 Å². The molecule has 3 amide bonds. The Balaban J connectivity index is 2.70. The zero-order valence-corrected chi connectivity index (χ0v) is 16.9. The van der Waals surface area contributed by atoms with Gasteiger partial charge in [-0.05, 0) is 38.6 Å². The summed E-state index contributed by atoms with van der Waals surface area (Å²) in [5, 5.41) is 28.3. The molecule has 4 unspecified atom stereocenters. The quantitative estimate of drug-likeness (QED) is 0.245. The molecule has 0 saturated carbocycles. The molecule has 4 atom stereocenters. The molecular formula is C18H30N4O7. The average molecular weight is 414 g/mol. The summed E-state index contributed by atoms with van der Waals surface area (Å²) in [6, 6.07) is -4.07. The van der Waals surface area contributed by atoms with E-state index >= 15 is 0 Å². The van der Waals surface area contributed by atoms with Crippen molar-refractivity contribution >= 4 is 29.7 Å². The fraction of sp³-hybridized carbons (Fsp3) is 0.722. The molecule has 29 heavy (non-hydrogen) atoms. The molecule has 0 spiro atoms. The van der Waals surface area contributed by atoms with Crippen molar-refractivity contribution in [2.45, 2.75) is 70.6 Å². The van der Waals surface area contributed by atoms with Gasteiger partial charge < -0.3 is 31.5 Å². The zero-order chi connectivity index (χ0) is 22.1. The number of carbonyl (C=O) groups is 5. The lowest BCUT2D eigenvalue weighted by atomic mass is 10.0. The number of aliphatic carboxylic acids is 2. The van der Waals surface area contributed by atoms with E-state index in [2.05, 4.69) is 21.3 Å². The Hall–Kier alpha value is -2.69. The molecule has 0 aromatic carbocycles. The highest BCUT2D eigenvalue weighted by Gasteiger charge is 2.31. The molecule has 1 fully saturated rings. The molecule has 0 aromatic heterocycles. The smallest absolute Gasteiger partial charge is 0.326 e. The predicted octanol–water partition coefficient (Wildman–Crippen LogP) is -1.18. The van der Waals surface area contributed by atoms with E-state index in [-0.39, 0.29) is 12.3 Å². The van der Waals surface area contributed by atoms with Gasteiger partial charge in [0.2, 0.25) is 17.7 Å². The molecular weight excluding hydrogens is 384 g/mol. The third kappa shape index (κ3) is 8.46. The van der Waals surface area contributed by atoms with Crippen LogP contribution in [0.4, 0.5) is 0 Å². The average Bonchev–Trinajstić information content (AvgIpc) is 3.14. The van der Waals surface area contributed by atoms with Gasteiger partial charge >= 0.3 is 11.9 Å². The van der Waals surface area contributed by atoms with E-state index in [9.17, 15) is 29.1 Å². The van der Waals surface area contributed by atoms with E-state index in [0.29, 0.717) is 13.0 Å². The third-order valence-corrected chi connectivity index (χ3v) is 4.46. The van der Waals surface area contributed by atoms with Crippen LogP contribution in [0.25, 0.3) is 0 Å². The van der Waals surface area contributed by atoms with Crippen LogP contribution in [0.15, 0.2) is 0 Å². The first-order valence-electron chi connectivity index (χ1n) is 9.60. The maximum absolute atomic E-state index is 12.4. The van der Waals surface area contributed by atoms with E-state index in [1.165, 1.54) is 6.92 Å². The molecule has 1 aliphatic rings. The van der Waals surface area contributed by atoms with Crippen molar-refractivity contribution in [3.8, 4) is 0 Å². The lowest BCUT2D eigenvalue weighted by Crippen LogP contribution is -2.56. The van der Waals surface area contributed by atoms with Crippen LogP contribution in [0.1, 0.15) is 46.5 Å². The Bertz CT molecular complexity index is 632. The maximum atomic E-state index is 12.4. The molecule has 0 bridgehead atoms. The normalized spacial score (nSPS) is 19.1. The number of amides is 3. The number of carbonyl (C=O) groups excluding carboxylic acids is 3. The van der Waals surface area contributed by atoms with Crippen LogP contribution in [-0.4, -0.2) is 70.6 Å². The summed E-state index contributed by atoms with van der Waals surface area (Å²) in [6.07, 6.45) is 0.947. The summed E-state index contributed by atoms with van der Waals surface area (Å²) in [6.45, 7) is 5.63. The number of rotatable bonds is 11. The van der Waals surface area contributed by atoms with Gasteiger partial charge in [0.15, 0.2) is 0 Å². The van der Waals surface area contributed by atoms with Crippen LogP contribution in [0.2, 0.25) is 0 Å². The minimum absolute atomic E-state index is 0.0284. The molecule has 0 aliphatic carbocycles. The Morgan fingerprint density at radius 3 is 2.10 bits per heavy atom. The molecule has 6 N–H and O–H groups in total. The Kier molecular flexibility index (Phi) is 9.53. The van der Waals surface area contributed by atoms with Crippen LogP contribution in [0.3, 0.4) is 0 Å². The fourth-order valence-corrected chi connectivity index (χ4v) is 2.93.